The van der Waals surface area contributed by atoms with Gasteiger partial charge in [0.1, 0.15) is 19.5 Å². The molecule has 0 nitrogen and oxygen atoms in total. The van der Waals surface area contributed by atoms with Crippen molar-refractivity contribution in [1.29, 1.82) is 0 Å². The molecule has 8 atom stereocenters. The summed E-state index contributed by atoms with van der Waals surface area (Å²) in [5.74, 6) is -2.65. The quantitative estimate of drug-likeness (QED) is 0.232. The maximum absolute atomic E-state index is 7.28. The van der Waals surface area contributed by atoms with Gasteiger partial charge in [-0.1, -0.05) is 115 Å². The first-order valence-corrected chi connectivity index (χ1v) is 14.8. The second-order valence-electron chi connectivity index (χ2n) is 9.03. The minimum absolute atomic E-state index is 0.0388. The fourth-order valence-electron chi connectivity index (χ4n) is 6.87. The Labute approximate surface area is 258 Å². The van der Waals surface area contributed by atoms with E-state index >= 15 is 0 Å². The molecule has 4 bridgehead atoms. The minimum Gasteiger partial charge on any atom is -0.109 e. The van der Waals surface area contributed by atoms with Crippen LogP contribution in [0.2, 0.25) is 0 Å². The third kappa shape index (κ3) is 2.27. The van der Waals surface area contributed by atoms with Crippen molar-refractivity contribution < 1.29 is 0 Å². The first-order valence-electron chi connectivity index (χ1n) is 9.43. The Balaban J connectivity index is 1.79. The second-order valence-corrected chi connectivity index (χ2v) is 16.5. The molecule has 4 unspecified atom stereocenters. The van der Waals surface area contributed by atoms with Crippen LogP contribution in [-0.4, -0.2) is 28.2 Å². The number of benzene rings is 1. The molecule has 1 aromatic rings. The van der Waals surface area contributed by atoms with Crippen molar-refractivity contribution in [2.75, 3.05) is 0 Å². The van der Waals surface area contributed by atoms with E-state index in [4.69, 9.17) is 139 Å². The standard InChI is InChI=1S/C20H7BrCl12/c21-4-1-2-5-6(3-4)8-10(18(29)14(25)12(23)16(8,27)20(18,32)33)9-7(5)15(26)11(22)13(24)17(9,28)19(15,30)31/h1-3,7-10H/t7?,8?,9?,10?,15-,16+,17+,18-/m0/s1. The summed E-state index contributed by atoms with van der Waals surface area (Å²) in [7, 11) is 0. The summed E-state index contributed by atoms with van der Waals surface area (Å²) in [6.45, 7) is 0. The van der Waals surface area contributed by atoms with Gasteiger partial charge in [-0.25, -0.2) is 0 Å². The summed E-state index contributed by atoms with van der Waals surface area (Å²) in [6, 6.07) is 5.64. The van der Waals surface area contributed by atoms with Crippen molar-refractivity contribution in [3.8, 4) is 0 Å². The van der Waals surface area contributed by atoms with E-state index in [9.17, 15) is 0 Å². The van der Waals surface area contributed by atoms with Crippen molar-refractivity contribution in [2.45, 2.75) is 40.0 Å². The average Bonchev–Trinajstić information content (AvgIpc) is 3.08. The number of hydrogen-bond donors (Lipinski definition) is 0. The highest BCUT2D eigenvalue weighted by atomic mass is 79.9. The smallest absolute Gasteiger partial charge is 0.109 e. The topological polar surface area (TPSA) is 0 Å². The predicted molar refractivity (Wildman–Crippen MR) is 147 cm³/mol. The van der Waals surface area contributed by atoms with Gasteiger partial charge >= 0.3 is 0 Å². The summed E-state index contributed by atoms with van der Waals surface area (Å²) in [5.41, 5.74) is 1.53. The molecule has 0 N–H and O–H groups in total. The van der Waals surface area contributed by atoms with Crippen LogP contribution in [0.15, 0.2) is 42.8 Å². The molecule has 13 heteroatoms. The molecule has 0 spiro atoms. The number of halogens is 13. The maximum Gasteiger partial charge on any atom is 0.167 e. The normalized spacial score (nSPS) is 50.1. The van der Waals surface area contributed by atoms with Gasteiger partial charge in [0.15, 0.2) is 8.67 Å². The molecule has 5 aliphatic rings. The fourth-order valence-corrected chi connectivity index (χ4v) is 13.3. The van der Waals surface area contributed by atoms with Gasteiger partial charge in [0.25, 0.3) is 0 Å². The molecule has 6 rings (SSSR count). The monoisotopic (exact) mass is 746 g/mol. The molecule has 0 heterocycles. The molecule has 2 saturated carbocycles. The van der Waals surface area contributed by atoms with Crippen molar-refractivity contribution in [1.82, 2.24) is 0 Å². The summed E-state index contributed by atoms with van der Waals surface area (Å²) in [5, 5.41) is 0.233. The van der Waals surface area contributed by atoms with Gasteiger partial charge in [0, 0.05) is 28.1 Å². The van der Waals surface area contributed by atoms with Gasteiger partial charge in [-0.05, 0) is 23.3 Å². The molecular weight excluding hydrogens is 746 g/mol. The van der Waals surface area contributed by atoms with Crippen LogP contribution < -0.4 is 0 Å². The fraction of sp³-hybridized carbons (Fsp3) is 0.500. The van der Waals surface area contributed by atoms with E-state index in [0.29, 0.717) is 0 Å². The lowest BCUT2D eigenvalue weighted by Gasteiger charge is -2.52. The number of hydrogen-bond acceptors (Lipinski definition) is 0. The Bertz CT molecular complexity index is 1240. The van der Waals surface area contributed by atoms with E-state index in [1.807, 2.05) is 18.2 Å². The van der Waals surface area contributed by atoms with E-state index in [1.165, 1.54) is 0 Å². The number of allylic oxidation sites excluding steroid dienone is 4. The van der Waals surface area contributed by atoms with Crippen molar-refractivity contribution in [2.24, 2.45) is 11.8 Å². The molecule has 1 aromatic carbocycles. The SMILES string of the molecule is ClC1=C(Cl)[C@]2(Cl)C3c4cc(Br)ccc4C4C(C3[C@@]1(Cl)C2(Cl)Cl)[C@@]1(Cl)C(Cl)=C(Cl)[C@]4(Cl)C1(Cl)Cl. The Kier molecular flexibility index (Phi) is 5.53. The average molecular weight is 753 g/mol. The van der Waals surface area contributed by atoms with E-state index in [2.05, 4.69) is 15.9 Å². The van der Waals surface area contributed by atoms with Crippen LogP contribution in [0.25, 0.3) is 0 Å². The third-order valence-corrected chi connectivity index (χ3v) is 17.1. The van der Waals surface area contributed by atoms with Crippen molar-refractivity contribution in [3.05, 3.63) is 53.9 Å². The van der Waals surface area contributed by atoms with Crippen molar-refractivity contribution in [3.63, 3.8) is 0 Å². The number of alkyl halides is 8. The predicted octanol–water partition coefficient (Wildman–Crippen LogP) is 10.6. The van der Waals surface area contributed by atoms with E-state index in [1.54, 1.807) is 0 Å². The lowest BCUT2D eigenvalue weighted by atomic mass is 9.57. The lowest BCUT2D eigenvalue weighted by Crippen LogP contribution is -2.53. The molecule has 178 valence electrons. The number of rotatable bonds is 0. The summed E-state index contributed by atoms with van der Waals surface area (Å²) >= 11 is 87.1. The van der Waals surface area contributed by atoms with Gasteiger partial charge in [-0.15, -0.1) is 46.4 Å². The molecule has 5 aliphatic carbocycles. The van der Waals surface area contributed by atoms with Crippen LogP contribution in [0.3, 0.4) is 0 Å². The highest BCUT2D eigenvalue weighted by molar-refractivity contribution is 9.10. The number of fused-ring (bicyclic) bond motifs is 14. The largest absolute Gasteiger partial charge is 0.167 e. The van der Waals surface area contributed by atoms with E-state index in [-0.39, 0.29) is 20.1 Å². The van der Waals surface area contributed by atoms with E-state index < -0.39 is 51.8 Å². The Morgan fingerprint density at radius 1 is 0.545 bits per heavy atom. The van der Waals surface area contributed by atoms with Crippen LogP contribution in [0, 0.1) is 11.8 Å². The Morgan fingerprint density at radius 3 is 1.33 bits per heavy atom. The molecule has 0 aliphatic heterocycles. The second kappa shape index (κ2) is 7.04. The molecule has 0 amide bonds. The highest BCUT2D eigenvalue weighted by Gasteiger charge is 2.91. The van der Waals surface area contributed by atoms with Gasteiger partial charge in [-0.3, -0.25) is 0 Å². The van der Waals surface area contributed by atoms with Gasteiger partial charge in [-0.2, -0.15) is 0 Å². The lowest BCUT2D eigenvalue weighted by molar-refractivity contribution is 0.201. The van der Waals surface area contributed by atoms with Crippen LogP contribution in [0.1, 0.15) is 23.0 Å². The molecule has 0 aromatic heterocycles. The third-order valence-electron chi connectivity index (χ3n) is 8.09. The summed E-state index contributed by atoms with van der Waals surface area (Å²) < 4.78 is -2.86. The molecule has 2 fully saturated rings. The van der Waals surface area contributed by atoms with Crippen LogP contribution >= 0.6 is 155 Å². The summed E-state index contributed by atoms with van der Waals surface area (Å²) in [6.07, 6.45) is 0. The first-order chi connectivity index (χ1) is 15.0. The highest BCUT2D eigenvalue weighted by Crippen LogP contribution is 2.88. The Morgan fingerprint density at radius 2 is 0.909 bits per heavy atom. The van der Waals surface area contributed by atoms with Crippen LogP contribution in [0.4, 0.5) is 0 Å². The Hall–Kier alpha value is 2.66. The molecular formula is C20H7BrCl12. The van der Waals surface area contributed by atoms with E-state index in [0.717, 1.165) is 15.6 Å². The zero-order valence-corrected chi connectivity index (χ0v) is 26.1. The van der Waals surface area contributed by atoms with Crippen LogP contribution in [-0.2, 0) is 0 Å². The van der Waals surface area contributed by atoms with Gasteiger partial charge < -0.3 is 0 Å². The van der Waals surface area contributed by atoms with Gasteiger partial charge in [0.05, 0.1) is 20.1 Å². The maximum atomic E-state index is 7.28. The molecule has 33 heavy (non-hydrogen) atoms. The zero-order chi connectivity index (χ0) is 24.5. The van der Waals surface area contributed by atoms with Crippen molar-refractivity contribution >= 4 is 155 Å². The minimum atomic E-state index is -1.82. The zero-order valence-electron chi connectivity index (χ0n) is 15.5. The molecule has 0 saturated heterocycles. The van der Waals surface area contributed by atoms with Crippen LogP contribution in [0.5, 0.6) is 0 Å². The van der Waals surface area contributed by atoms with Gasteiger partial charge in [0.2, 0.25) is 0 Å². The molecule has 0 radical (unpaired) electrons. The first kappa shape index (κ1) is 25.9. The summed E-state index contributed by atoms with van der Waals surface area (Å²) in [4.78, 5) is -6.42.